The van der Waals surface area contributed by atoms with Gasteiger partial charge in [-0.15, -0.1) is 0 Å². The van der Waals surface area contributed by atoms with Crippen LogP contribution >= 0.6 is 22.9 Å². The fourth-order valence-electron chi connectivity index (χ4n) is 1.48. The molecule has 0 spiro atoms. The minimum atomic E-state index is -3.77. The molecule has 0 saturated carbocycles. The zero-order chi connectivity index (χ0) is 15.8. The first-order valence-corrected chi connectivity index (χ1v) is 10.0. The van der Waals surface area contributed by atoms with Gasteiger partial charge in [-0.3, -0.25) is 0 Å². The number of sulfonamides is 2. The van der Waals surface area contributed by atoms with Crippen molar-refractivity contribution in [2.24, 2.45) is 0 Å². The Balaban J connectivity index is 2.86. The number of aryl methyl sites for hydroxylation is 1. The van der Waals surface area contributed by atoms with Crippen molar-refractivity contribution in [3.05, 3.63) is 10.2 Å². The predicted molar refractivity (Wildman–Crippen MR) is 79.1 cm³/mol. The topological polar surface area (TPSA) is 105 Å². The third-order valence-electron chi connectivity index (χ3n) is 2.14. The molecule has 1 aromatic heterocycles. The Labute approximate surface area is 127 Å². The van der Waals surface area contributed by atoms with Gasteiger partial charge in [0.1, 0.15) is 0 Å². The molecule has 0 aliphatic carbocycles. The van der Waals surface area contributed by atoms with E-state index in [1.807, 2.05) is 0 Å². The van der Waals surface area contributed by atoms with Gasteiger partial charge >= 0.3 is 0 Å². The Morgan fingerprint density at radius 1 is 1.30 bits per heavy atom. The summed E-state index contributed by atoms with van der Waals surface area (Å²) in [6.45, 7) is 4.58. The van der Waals surface area contributed by atoms with E-state index in [4.69, 9.17) is 11.6 Å². The minimum Gasteiger partial charge on any atom is -0.229 e. The number of nitrogens with zero attached hydrogens (tertiary/aromatic N) is 1. The van der Waals surface area contributed by atoms with E-state index in [9.17, 15) is 16.8 Å². The van der Waals surface area contributed by atoms with Crippen LogP contribution in [0.5, 0.6) is 0 Å². The summed E-state index contributed by atoms with van der Waals surface area (Å²) < 4.78 is 51.4. The molecular formula is C9H16ClN3O4S3. The average molecular weight is 362 g/mol. The van der Waals surface area contributed by atoms with Crippen LogP contribution in [0.2, 0.25) is 4.47 Å². The predicted octanol–water partition coefficient (Wildman–Crippen LogP) is 0.711. The molecule has 11 heteroatoms. The van der Waals surface area contributed by atoms with E-state index in [1.54, 1.807) is 13.8 Å². The van der Waals surface area contributed by atoms with Gasteiger partial charge in [-0.25, -0.2) is 31.3 Å². The first kappa shape index (κ1) is 17.8. The van der Waals surface area contributed by atoms with Crippen molar-refractivity contribution < 1.29 is 16.8 Å². The highest BCUT2D eigenvalue weighted by molar-refractivity contribution is 7.91. The first-order chi connectivity index (χ1) is 8.82. The van der Waals surface area contributed by atoms with Crippen LogP contribution in [0.1, 0.15) is 19.5 Å². The molecule has 0 amide bonds. The maximum absolute atomic E-state index is 12.1. The lowest BCUT2D eigenvalue weighted by molar-refractivity contribution is 0.446. The first-order valence-electron chi connectivity index (χ1n) is 5.44. The molecule has 0 saturated heterocycles. The van der Waals surface area contributed by atoms with Gasteiger partial charge in [0.2, 0.25) is 10.0 Å². The fourth-order valence-corrected chi connectivity index (χ4v) is 5.55. The van der Waals surface area contributed by atoms with Crippen molar-refractivity contribution in [1.82, 2.24) is 14.4 Å². The molecule has 1 rings (SSSR count). The highest BCUT2D eigenvalue weighted by Crippen LogP contribution is 2.26. The third-order valence-corrected chi connectivity index (χ3v) is 6.33. The maximum Gasteiger partial charge on any atom is 0.252 e. The summed E-state index contributed by atoms with van der Waals surface area (Å²) in [6.07, 6.45) is 1.01. The van der Waals surface area contributed by atoms with Crippen molar-refractivity contribution in [1.29, 1.82) is 0 Å². The molecule has 0 radical (unpaired) electrons. The van der Waals surface area contributed by atoms with E-state index in [2.05, 4.69) is 14.4 Å². The molecule has 0 fully saturated rings. The van der Waals surface area contributed by atoms with Crippen LogP contribution in [-0.2, 0) is 20.0 Å². The second-order valence-corrected chi connectivity index (χ2v) is 10.2. The number of aromatic nitrogens is 1. The van der Waals surface area contributed by atoms with Crippen LogP contribution < -0.4 is 9.44 Å². The molecule has 1 aromatic rings. The largest absolute Gasteiger partial charge is 0.252 e. The summed E-state index contributed by atoms with van der Waals surface area (Å²) in [4.78, 5) is 3.83. The van der Waals surface area contributed by atoms with Gasteiger partial charge in [-0.2, -0.15) is 0 Å². The van der Waals surface area contributed by atoms with Gasteiger partial charge in [-0.1, -0.05) is 22.9 Å². The zero-order valence-corrected chi connectivity index (χ0v) is 14.6. The van der Waals surface area contributed by atoms with Crippen molar-refractivity contribution in [3.63, 3.8) is 0 Å². The number of hydrogen-bond acceptors (Lipinski definition) is 6. The lowest BCUT2D eigenvalue weighted by Crippen LogP contribution is -2.50. The standard InChI is InChI=1S/C9H16ClN3O4S3/c1-6-7(18-8(10)12-6)20(16,17)11-5-9(2,3)13-19(4,14)15/h11,13H,5H2,1-4H3. The number of hydrogen-bond donors (Lipinski definition) is 2. The Hall–Kier alpha value is -0.260. The van der Waals surface area contributed by atoms with Gasteiger partial charge in [0.05, 0.1) is 11.9 Å². The summed E-state index contributed by atoms with van der Waals surface area (Å²) in [6, 6.07) is 0. The van der Waals surface area contributed by atoms with E-state index >= 15 is 0 Å². The minimum absolute atomic E-state index is 0.0256. The maximum atomic E-state index is 12.1. The summed E-state index contributed by atoms with van der Waals surface area (Å²) in [5.74, 6) is 0. The van der Waals surface area contributed by atoms with Crippen LogP contribution in [0.3, 0.4) is 0 Å². The summed E-state index contributed by atoms with van der Waals surface area (Å²) in [5.41, 5.74) is -0.648. The molecule has 0 aromatic carbocycles. The SMILES string of the molecule is Cc1nc(Cl)sc1S(=O)(=O)NCC(C)(C)NS(C)(=O)=O. The Kier molecular flexibility index (Phi) is 5.21. The molecule has 116 valence electrons. The van der Waals surface area contributed by atoms with E-state index in [0.29, 0.717) is 5.69 Å². The quantitative estimate of drug-likeness (QED) is 0.776. The molecule has 0 bridgehead atoms. The second-order valence-electron chi connectivity index (χ2n) is 4.92. The van der Waals surface area contributed by atoms with Gasteiger partial charge in [0, 0.05) is 12.1 Å². The van der Waals surface area contributed by atoms with E-state index < -0.39 is 25.6 Å². The monoisotopic (exact) mass is 361 g/mol. The van der Waals surface area contributed by atoms with Crippen molar-refractivity contribution in [2.45, 2.75) is 30.5 Å². The highest BCUT2D eigenvalue weighted by Gasteiger charge is 2.27. The van der Waals surface area contributed by atoms with Crippen LogP contribution in [0.15, 0.2) is 4.21 Å². The van der Waals surface area contributed by atoms with Gasteiger partial charge in [0.25, 0.3) is 10.0 Å². The Morgan fingerprint density at radius 2 is 1.85 bits per heavy atom. The van der Waals surface area contributed by atoms with E-state index in [1.165, 1.54) is 6.92 Å². The lowest BCUT2D eigenvalue weighted by atomic mass is 10.1. The van der Waals surface area contributed by atoms with Crippen LogP contribution in [0.4, 0.5) is 0 Å². The summed E-state index contributed by atoms with van der Waals surface area (Å²) >= 11 is 6.52. The lowest BCUT2D eigenvalue weighted by Gasteiger charge is -2.25. The summed E-state index contributed by atoms with van der Waals surface area (Å²) in [7, 11) is -7.21. The number of nitrogens with one attached hydrogen (secondary N) is 2. The number of halogens is 1. The molecule has 0 atom stereocenters. The molecule has 0 unspecified atom stereocenters. The van der Waals surface area contributed by atoms with Crippen molar-refractivity contribution in [3.8, 4) is 0 Å². The Bertz CT molecular complexity index is 694. The van der Waals surface area contributed by atoms with Crippen LogP contribution in [0.25, 0.3) is 0 Å². The normalized spacial score (nSPS) is 13.7. The fraction of sp³-hybridized carbons (Fsp3) is 0.667. The molecule has 0 aliphatic rings. The van der Waals surface area contributed by atoms with Crippen LogP contribution in [0, 0.1) is 6.92 Å². The molecule has 2 N–H and O–H groups in total. The van der Waals surface area contributed by atoms with E-state index in [0.717, 1.165) is 17.6 Å². The van der Waals surface area contributed by atoms with Crippen molar-refractivity contribution in [2.75, 3.05) is 12.8 Å². The Morgan fingerprint density at radius 3 is 2.25 bits per heavy atom. The molecule has 0 aliphatic heterocycles. The molecular weight excluding hydrogens is 346 g/mol. The highest BCUT2D eigenvalue weighted by atomic mass is 35.5. The third kappa shape index (κ3) is 5.26. The van der Waals surface area contributed by atoms with Gasteiger partial charge in [0.15, 0.2) is 8.68 Å². The van der Waals surface area contributed by atoms with Crippen LogP contribution in [-0.4, -0.2) is 40.2 Å². The second kappa shape index (κ2) is 5.85. The zero-order valence-electron chi connectivity index (χ0n) is 11.4. The average Bonchev–Trinajstić information content (AvgIpc) is 2.52. The summed E-state index contributed by atoms with van der Waals surface area (Å²) in [5, 5.41) is 0. The van der Waals surface area contributed by atoms with Gasteiger partial charge in [-0.05, 0) is 20.8 Å². The number of thiazole rings is 1. The molecule has 20 heavy (non-hydrogen) atoms. The number of rotatable bonds is 6. The van der Waals surface area contributed by atoms with Crippen molar-refractivity contribution >= 4 is 43.0 Å². The van der Waals surface area contributed by atoms with Gasteiger partial charge < -0.3 is 0 Å². The molecule has 7 nitrogen and oxygen atoms in total. The smallest absolute Gasteiger partial charge is 0.229 e. The molecule has 1 heterocycles. The van der Waals surface area contributed by atoms with E-state index in [-0.39, 0.29) is 15.2 Å².